The van der Waals surface area contributed by atoms with E-state index in [0.717, 1.165) is 0 Å². The minimum Gasteiger partial charge on any atom is -0.479 e. The van der Waals surface area contributed by atoms with Crippen LogP contribution in [0.15, 0.2) is 0 Å². The lowest BCUT2D eigenvalue weighted by Crippen LogP contribution is -2.41. The molecule has 3 N–H and O–H groups in total. The lowest BCUT2D eigenvalue weighted by molar-refractivity contribution is -0.172. The Hall–Kier alpha value is -1.14. The van der Waals surface area contributed by atoms with Crippen LogP contribution in [0.5, 0.6) is 0 Å². The van der Waals surface area contributed by atoms with Gasteiger partial charge in [0.15, 0.2) is 12.2 Å². The SMILES string of the molecule is CC(C)OC(=O)C(O)C(O)C(=O)O. The van der Waals surface area contributed by atoms with E-state index in [2.05, 4.69) is 4.74 Å². The van der Waals surface area contributed by atoms with Gasteiger partial charge < -0.3 is 20.1 Å². The highest BCUT2D eigenvalue weighted by Gasteiger charge is 2.31. The third kappa shape index (κ3) is 3.86. The molecule has 0 aliphatic heterocycles. The second kappa shape index (κ2) is 4.78. The van der Waals surface area contributed by atoms with Crippen LogP contribution in [-0.4, -0.2) is 45.6 Å². The number of hydrogen-bond acceptors (Lipinski definition) is 5. The molecule has 6 nitrogen and oxygen atoms in total. The maximum Gasteiger partial charge on any atom is 0.338 e. The van der Waals surface area contributed by atoms with E-state index >= 15 is 0 Å². The molecule has 0 fully saturated rings. The number of carboxylic acid groups (broad SMARTS) is 1. The van der Waals surface area contributed by atoms with Crippen molar-refractivity contribution < 1.29 is 29.6 Å². The molecule has 2 atom stereocenters. The van der Waals surface area contributed by atoms with E-state index in [1.54, 1.807) is 0 Å². The first kappa shape index (κ1) is 11.9. The molecule has 0 aliphatic rings. The Kier molecular flexibility index (Phi) is 4.36. The fourth-order valence-corrected chi connectivity index (χ4v) is 0.566. The maximum atomic E-state index is 10.8. The van der Waals surface area contributed by atoms with Gasteiger partial charge in [0.25, 0.3) is 0 Å². The molecule has 0 aromatic rings. The third-order valence-electron chi connectivity index (χ3n) is 1.15. The zero-order valence-corrected chi connectivity index (χ0v) is 7.30. The quantitative estimate of drug-likeness (QED) is 0.480. The van der Waals surface area contributed by atoms with Crippen LogP contribution in [0.2, 0.25) is 0 Å². The third-order valence-corrected chi connectivity index (χ3v) is 1.15. The fourth-order valence-electron chi connectivity index (χ4n) is 0.566. The van der Waals surface area contributed by atoms with E-state index in [0.29, 0.717) is 0 Å². The van der Waals surface area contributed by atoms with Gasteiger partial charge in [-0.05, 0) is 13.8 Å². The van der Waals surface area contributed by atoms with E-state index in [1.165, 1.54) is 13.8 Å². The Morgan fingerprint density at radius 2 is 1.62 bits per heavy atom. The molecule has 0 radical (unpaired) electrons. The van der Waals surface area contributed by atoms with Gasteiger partial charge in [-0.3, -0.25) is 0 Å². The molecule has 0 aliphatic carbocycles. The number of carboxylic acids is 1. The van der Waals surface area contributed by atoms with Crippen LogP contribution in [0.3, 0.4) is 0 Å². The Morgan fingerprint density at radius 1 is 1.15 bits per heavy atom. The second-order valence-electron chi connectivity index (χ2n) is 2.71. The Bertz CT molecular complexity index is 199. The van der Waals surface area contributed by atoms with Gasteiger partial charge >= 0.3 is 11.9 Å². The first-order valence-electron chi connectivity index (χ1n) is 3.65. The number of esters is 1. The first-order chi connectivity index (χ1) is 5.86. The molecule has 0 aromatic carbocycles. The summed E-state index contributed by atoms with van der Waals surface area (Å²) in [6.07, 6.45) is -4.66. The van der Waals surface area contributed by atoms with Crippen LogP contribution in [0.4, 0.5) is 0 Å². The summed E-state index contributed by atoms with van der Waals surface area (Å²) in [5.41, 5.74) is 0. The molecular formula is C7H12O6. The number of rotatable bonds is 4. The summed E-state index contributed by atoms with van der Waals surface area (Å²) < 4.78 is 4.47. The van der Waals surface area contributed by atoms with Crippen LogP contribution >= 0.6 is 0 Å². The van der Waals surface area contributed by atoms with Crippen molar-refractivity contribution in [1.82, 2.24) is 0 Å². The minimum atomic E-state index is -2.15. The van der Waals surface area contributed by atoms with E-state index in [9.17, 15) is 9.59 Å². The zero-order valence-electron chi connectivity index (χ0n) is 7.30. The topological polar surface area (TPSA) is 104 Å². The second-order valence-corrected chi connectivity index (χ2v) is 2.71. The summed E-state index contributed by atoms with van der Waals surface area (Å²) in [7, 11) is 0. The van der Waals surface area contributed by atoms with Crippen molar-refractivity contribution in [3.05, 3.63) is 0 Å². The van der Waals surface area contributed by atoms with Gasteiger partial charge in [-0.25, -0.2) is 9.59 Å². The zero-order chi connectivity index (χ0) is 10.6. The van der Waals surface area contributed by atoms with Crippen molar-refractivity contribution in [2.45, 2.75) is 32.2 Å². The molecular weight excluding hydrogens is 180 g/mol. The molecule has 6 heteroatoms. The molecule has 0 spiro atoms. The average Bonchev–Trinajstić information content (AvgIpc) is 2.00. The van der Waals surface area contributed by atoms with Gasteiger partial charge in [0.2, 0.25) is 0 Å². The number of ether oxygens (including phenoxy) is 1. The molecule has 0 bridgehead atoms. The van der Waals surface area contributed by atoms with Gasteiger partial charge in [-0.15, -0.1) is 0 Å². The summed E-state index contributed by atoms with van der Waals surface area (Å²) >= 11 is 0. The van der Waals surface area contributed by atoms with Crippen molar-refractivity contribution in [3.63, 3.8) is 0 Å². The Morgan fingerprint density at radius 3 is 1.92 bits per heavy atom. The number of aliphatic hydroxyl groups is 2. The van der Waals surface area contributed by atoms with Crippen LogP contribution in [0.1, 0.15) is 13.8 Å². The standard InChI is InChI=1S/C7H12O6/c1-3(2)13-7(12)5(9)4(8)6(10)11/h3-5,8-9H,1-2H3,(H,10,11). The van der Waals surface area contributed by atoms with Crippen LogP contribution in [0, 0.1) is 0 Å². The predicted octanol–water partition coefficient (Wildman–Crippen LogP) is -1.26. The molecule has 0 amide bonds. The first-order valence-corrected chi connectivity index (χ1v) is 3.65. The number of carbonyl (C=O) groups is 2. The largest absolute Gasteiger partial charge is 0.479 e. The average molecular weight is 192 g/mol. The van der Waals surface area contributed by atoms with Gasteiger partial charge in [0.1, 0.15) is 0 Å². The number of hydrogen-bond donors (Lipinski definition) is 3. The number of carbonyl (C=O) groups excluding carboxylic acids is 1. The van der Waals surface area contributed by atoms with E-state index < -0.39 is 30.3 Å². The van der Waals surface area contributed by atoms with E-state index in [1.807, 2.05) is 0 Å². The highest BCUT2D eigenvalue weighted by atomic mass is 16.6. The Labute approximate surface area is 74.7 Å². The highest BCUT2D eigenvalue weighted by Crippen LogP contribution is 1.99. The molecule has 76 valence electrons. The van der Waals surface area contributed by atoms with Gasteiger partial charge in [0, 0.05) is 0 Å². The summed E-state index contributed by atoms with van der Waals surface area (Å²) in [4.78, 5) is 20.9. The van der Waals surface area contributed by atoms with E-state index in [-0.39, 0.29) is 0 Å². The smallest absolute Gasteiger partial charge is 0.338 e. The normalized spacial score (nSPS) is 15.2. The molecule has 13 heavy (non-hydrogen) atoms. The van der Waals surface area contributed by atoms with Crippen molar-refractivity contribution >= 4 is 11.9 Å². The fraction of sp³-hybridized carbons (Fsp3) is 0.714. The van der Waals surface area contributed by atoms with Crippen molar-refractivity contribution in [2.24, 2.45) is 0 Å². The van der Waals surface area contributed by atoms with Crippen LogP contribution in [-0.2, 0) is 14.3 Å². The summed E-state index contributed by atoms with van der Waals surface area (Å²) in [5, 5.41) is 25.8. The lowest BCUT2D eigenvalue weighted by Gasteiger charge is -2.14. The van der Waals surface area contributed by atoms with E-state index in [4.69, 9.17) is 15.3 Å². The van der Waals surface area contributed by atoms with Gasteiger partial charge in [-0.1, -0.05) is 0 Å². The maximum absolute atomic E-state index is 10.8. The van der Waals surface area contributed by atoms with Gasteiger partial charge in [-0.2, -0.15) is 0 Å². The molecule has 0 saturated heterocycles. The summed E-state index contributed by atoms with van der Waals surface area (Å²) in [6.45, 7) is 3.08. The predicted molar refractivity (Wildman–Crippen MR) is 40.9 cm³/mol. The molecule has 0 rings (SSSR count). The number of aliphatic carboxylic acids is 1. The Balaban J connectivity index is 4.17. The minimum absolute atomic E-state index is 0.469. The summed E-state index contributed by atoms with van der Waals surface area (Å²) in [6, 6.07) is 0. The van der Waals surface area contributed by atoms with Crippen molar-refractivity contribution in [2.75, 3.05) is 0 Å². The van der Waals surface area contributed by atoms with Gasteiger partial charge in [0.05, 0.1) is 6.10 Å². The van der Waals surface area contributed by atoms with Crippen molar-refractivity contribution in [1.29, 1.82) is 0 Å². The van der Waals surface area contributed by atoms with Crippen LogP contribution in [0.25, 0.3) is 0 Å². The molecule has 0 aromatic heterocycles. The van der Waals surface area contributed by atoms with Crippen molar-refractivity contribution in [3.8, 4) is 0 Å². The highest BCUT2D eigenvalue weighted by molar-refractivity contribution is 5.84. The summed E-state index contributed by atoms with van der Waals surface area (Å²) in [5.74, 6) is -2.82. The van der Waals surface area contributed by atoms with Crippen LogP contribution < -0.4 is 0 Å². The molecule has 0 heterocycles. The lowest BCUT2D eigenvalue weighted by atomic mass is 10.2. The molecule has 0 saturated carbocycles. The molecule has 2 unspecified atom stereocenters. The monoisotopic (exact) mass is 192 g/mol. The number of aliphatic hydroxyl groups excluding tert-OH is 2.